The highest BCUT2D eigenvalue weighted by Crippen LogP contribution is 2.28. The van der Waals surface area contributed by atoms with E-state index in [0.717, 1.165) is 40.9 Å². The van der Waals surface area contributed by atoms with Gasteiger partial charge in [-0.15, -0.1) is 10.2 Å². The molecule has 0 amide bonds. The minimum Gasteiger partial charge on any atom is -0.481 e. The molecule has 0 aliphatic carbocycles. The molecule has 0 unspecified atom stereocenters. The van der Waals surface area contributed by atoms with E-state index in [0.29, 0.717) is 17.9 Å². The Morgan fingerprint density at radius 1 is 1.02 bits per heavy atom. The molecule has 3 heterocycles. The number of nitrogens with zero attached hydrogens (tertiary/aromatic N) is 6. The number of aryl methyl sites for hydroxylation is 1. The van der Waals surface area contributed by atoms with Gasteiger partial charge in [-0.25, -0.2) is 4.39 Å². The van der Waals surface area contributed by atoms with Gasteiger partial charge < -0.3 is 5.11 Å². The molecule has 2 aromatic carbocycles. The number of carbonyl (C=O) groups is 2. The normalized spacial score (nSPS) is 11.9. The number of nitrogens with one attached hydrogen (secondary N) is 1. The molecule has 42 heavy (non-hydrogen) atoms. The lowest BCUT2D eigenvalue weighted by Gasteiger charge is -2.14. The van der Waals surface area contributed by atoms with E-state index in [4.69, 9.17) is 0 Å². The van der Waals surface area contributed by atoms with E-state index in [9.17, 15) is 19.1 Å². The van der Waals surface area contributed by atoms with Gasteiger partial charge in [0.25, 0.3) is 0 Å². The number of carboxylic acid groups (broad SMARTS) is 1. The maximum absolute atomic E-state index is 14.2. The summed E-state index contributed by atoms with van der Waals surface area (Å²) in [7, 11) is 0. The summed E-state index contributed by atoms with van der Waals surface area (Å²) in [6.45, 7) is 2.46. The number of ketones is 1. The van der Waals surface area contributed by atoms with Gasteiger partial charge in [-0.1, -0.05) is 61.9 Å². The van der Waals surface area contributed by atoms with Crippen LogP contribution in [0.5, 0.6) is 0 Å². The summed E-state index contributed by atoms with van der Waals surface area (Å²) in [5.41, 5.74) is 4.91. The quantitative estimate of drug-likeness (QED) is 0.186. The fourth-order valence-electron chi connectivity index (χ4n) is 5.02. The van der Waals surface area contributed by atoms with Crippen LogP contribution in [0.4, 0.5) is 4.39 Å². The monoisotopic (exact) mass is 567 g/mol. The van der Waals surface area contributed by atoms with Crippen molar-refractivity contribution in [1.82, 2.24) is 35.4 Å². The van der Waals surface area contributed by atoms with Crippen LogP contribution in [0, 0.1) is 11.7 Å². The van der Waals surface area contributed by atoms with Crippen LogP contribution in [0.25, 0.3) is 22.6 Å². The SMILES string of the molecule is CCCc1cc(C(=O)C[C@@H](CC(=O)O)Cc2ccccc2F)nn1Cc1ccc(-c2ccccc2-c2nn[nH]n2)nc1. The molecule has 0 fully saturated rings. The van der Waals surface area contributed by atoms with Gasteiger partial charge in [0.15, 0.2) is 5.78 Å². The Balaban J connectivity index is 1.33. The second kappa shape index (κ2) is 13.1. The van der Waals surface area contributed by atoms with E-state index in [-0.39, 0.29) is 30.7 Å². The van der Waals surface area contributed by atoms with Gasteiger partial charge in [0.05, 0.1) is 12.2 Å². The molecule has 2 N–H and O–H groups in total. The Bertz CT molecular complexity index is 1670. The number of halogens is 1. The van der Waals surface area contributed by atoms with Crippen LogP contribution >= 0.6 is 0 Å². The maximum Gasteiger partial charge on any atom is 0.303 e. The molecule has 3 aromatic heterocycles. The highest BCUT2D eigenvalue weighted by atomic mass is 19.1. The first kappa shape index (κ1) is 28.5. The number of Topliss-reactive ketones (excluding diaryl/α,β-unsaturated/α-hetero) is 1. The molecule has 10 nitrogen and oxygen atoms in total. The van der Waals surface area contributed by atoms with Gasteiger partial charge in [0, 0.05) is 35.9 Å². The van der Waals surface area contributed by atoms with Gasteiger partial charge in [-0.2, -0.15) is 10.3 Å². The minimum absolute atomic E-state index is 0.0424. The van der Waals surface area contributed by atoms with Crippen LogP contribution in [0.1, 0.15) is 53.5 Å². The summed E-state index contributed by atoms with van der Waals surface area (Å²) in [6.07, 6.45) is 3.23. The first-order valence-corrected chi connectivity index (χ1v) is 13.7. The van der Waals surface area contributed by atoms with E-state index < -0.39 is 17.7 Å². The van der Waals surface area contributed by atoms with E-state index in [1.165, 1.54) is 6.07 Å². The van der Waals surface area contributed by atoms with Gasteiger partial charge in [0.1, 0.15) is 11.5 Å². The van der Waals surface area contributed by atoms with Crippen LogP contribution in [0.2, 0.25) is 0 Å². The molecular weight excluding hydrogens is 537 g/mol. The molecule has 11 heteroatoms. The zero-order valence-corrected chi connectivity index (χ0v) is 23.1. The van der Waals surface area contributed by atoms with Crippen LogP contribution in [0.3, 0.4) is 0 Å². The molecule has 0 radical (unpaired) electrons. The predicted octanol–water partition coefficient (Wildman–Crippen LogP) is 5.17. The third-order valence-electron chi connectivity index (χ3n) is 7.01. The summed E-state index contributed by atoms with van der Waals surface area (Å²) in [4.78, 5) is 29.4. The Morgan fingerprint density at radius 3 is 2.50 bits per heavy atom. The van der Waals surface area contributed by atoms with E-state index in [1.807, 2.05) is 43.3 Å². The maximum atomic E-state index is 14.2. The fraction of sp³-hybridized carbons (Fsp3) is 0.258. The largest absolute Gasteiger partial charge is 0.481 e. The average Bonchev–Trinajstić information content (AvgIpc) is 3.66. The lowest BCUT2D eigenvalue weighted by atomic mass is 9.90. The topological polar surface area (TPSA) is 140 Å². The van der Waals surface area contributed by atoms with E-state index >= 15 is 0 Å². The van der Waals surface area contributed by atoms with Crippen molar-refractivity contribution in [2.75, 3.05) is 0 Å². The summed E-state index contributed by atoms with van der Waals surface area (Å²) in [6, 6.07) is 19.6. The molecule has 0 spiro atoms. The Morgan fingerprint density at radius 2 is 1.81 bits per heavy atom. The number of hydrogen-bond acceptors (Lipinski definition) is 7. The zero-order valence-electron chi connectivity index (χ0n) is 23.1. The summed E-state index contributed by atoms with van der Waals surface area (Å²) in [5.74, 6) is -1.78. The summed E-state index contributed by atoms with van der Waals surface area (Å²) >= 11 is 0. The van der Waals surface area contributed by atoms with Crippen molar-refractivity contribution < 1.29 is 19.1 Å². The molecule has 5 aromatic rings. The Hall–Kier alpha value is -5.06. The molecule has 1 atom stereocenters. The number of aliphatic carboxylic acids is 1. The molecule has 0 aliphatic rings. The Kier molecular flexibility index (Phi) is 8.86. The lowest BCUT2D eigenvalue weighted by Crippen LogP contribution is -2.17. The second-order valence-electron chi connectivity index (χ2n) is 10.1. The molecule has 0 saturated heterocycles. The molecule has 0 bridgehead atoms. The van der Waals surface area contributed by atoms with Crippen LogP contribution in [-0.4, -0.2) is 52.2 Å². The third kappa shape index (κ3) is 6.80. The van der Waals surface area contributed by atoms with Gasteiger partial charge in [-0.3, -0.25) is 19.3 Å². The van der Waals surface area contributed by atoms with Crippen molar-refractivity contribution in [3.63, 3.8) is 0 Å². The molecule has 5 rings (SSSR count). The van der Waals surface area contributed by atoms with Crippen LogP contribution in [-0.2, 0) is 24.2 Å². The molecular formula is C31H30FN7O3. The van der Waals surface area contributed by atoms with Crippen molar-refractivity contribution in [2.45, 2.75) is 45.6 Å². The number of pyridine rings is 1. The number of aromatic amines is 1. The van der Waals surface area contributed by atoms with Crippen molar-refractivity contribution in [2.24, 2.45) is 5.92 Å². The Labute approximate surface area is 241 Å². The zero-order chi connectivity index (χ0) is 29.5. The van der Waals surface area contributed by atoms with Gasteiger partial charge >= 0.3 is 5.97 Å². The molecule has 0 aliphatic heterocycles. The highest BCUT2D eigenvalue weighted by Gasteiger charge is 2.23. The van der Waals surface area contributed by atoms with Crippen molar-refractivity contribution >= 4 is 11.8 Å². The smallest absolute Gasteiger partial charge is 0.303 e. The fourth-order valence-corrected chi connectivity index (χ4v) is 5.02. The minimum atomic E-state index is -1.03. The average molecular weight is 568 g/mol. The second-order valence-corrected chi connectivity index (χ2v) is 10.1. The van der Waals surface area contributed by atoms with Crippen molar-refractivity contribution in [3.8, 4) is 22.6 Å². The standard InChI is InChI=1S/C31H30FN7O3/c1-2-7-23-17-28(29(40)15-21(16-30(41)42)14-22-8-3-6-11-26(22)32)36-39(23)19-20-12-13-27(33-18-20)24-9-4-5-10-25(24)31-34-37-38-35-31/h3-6,8-13,17-18,21H,2,7,14-16,19H2,1H3,(H,41,42)(H,34,35,37,38)/t21-/m0/s1. The van der Waals surface area contributed by atoms with Gasteiger partial charge in [-0.05, 0) is 53.3 Å². The number of carboxylic acids is 1. The number of H-pyrrole nitrogens is 1. The van der Waals surface area contributed by atoms with E-state index in [1.54, 1.807) is 35.1 Å². The number of rotatable bonds is 13. The number of hydrogen-bond donors (Lipinski definition) is 2. The first-order chi connectivity index (χ1) is 20.4. The summed E-state index contributed by atoms with van der Waals surface area (Å²) < 4.78 is 16.0. The lowest BCUT2D eigenvalue weighted by molar-refractivity contribution is -0.138. The van der Waals surface area contributed by atoms with Crippen LogP contribution < -0.4 is 0 Å². The van der Waals surface area contributed by atoms with Crippen molar-refractivity contribution in [1.29, 1.82) is 0 Å². The molecule has 0 saturated carbocycles. The summed E-state index contributed by atoms with van der Waals surface area (Å²) in [5, 5.41) is 28.3. The number of benzene rings is 2. The highest BCUT2D eigenvalue weighted by molar-refractivity contribution is 5.94. The van der Waals surface area contributed by atoms with Crippen LogP contribution in [0.15, 0.2) is 72.9 Å². The number of carbonyl (C=O) groups excluding carboxylic acids is 1. The van der Waals surface area contributed by atoms with Gasteiger partial charge in [0.2, 0.25) is 5.82 Å². The number of aromatic nitrogens is 7. The van der Waals surface area contributed by atoms with E-state index in [2.05, 4.69) is 30.7 Å². The predicted molar refractivity (Wildman–Crippen MR) is 153 cm³/mol. The third-order valence-corrected chi connectivity index (χ3v) is 7.01. The van der Waals surface area contributed by atoms with Crippen molar-refractivity contribution in [3.05, 3.63) is 101 Å². The first-order valence-electron chi connectivity index (χ1n) is 13.7. The molecule has 214 valence electrons. The number of tetrazole rings is 1.